The van der Waals surface area contributed by atoms with E-state index in [1.807, 2.05) is 55.5 Å². The van der Waals surface area contributed by atoms with Crippen LogP contribution in [0.4, 0.5) is 5.69 Å². The van der Waals surface area contributed by atoms with E-state index in [9.17, 15) is 5.11 Å². The Kier molecular flexibility index (Phi) is 6.14. The fraction of sp³-hybridized carbons (Fsp3) is 0.0952. The zero-order valence-corrected chi connectivity index (χ0v) is 14.9. The largest absolute Gasteiger partial charge is 0.504 e. The summed E-state index contributed by atoms with van der Waals surface area (Å²) in [5.41, 5.74) is 5.21. The smallest absolute Gasteiger partial charge is 0.172 e. The van der Waals surface area contributed by atoms with E-state index in [0.29, 0.717) is 23.9 Å². The molecule has 3 rings (SSSR count). The molecule has 1 aromatic heterocycles. The highest BCUT2D eigenvalue weighted by Gasteiger charge is 2.05. The summed E-state index contributed by atoms with van der Waals surface area (Å²) in [7, 11) is 0. The molecule has 0 aliphatic carbocycles. The molecule has 0 saturated carbocycles. The number of para-hydroxylation sites is 1. The van der Waals surface area contributed by atoms with Crippen LogP contribution < -0.4 is 10.2 Å². The quantitative estimate of drug-likeness (QED) is 0.397. The number of hydrogen-bond acceptors (Lipinski definition) is 5. The zero-order chi connectivity index (χ0) is 18.9. The van der Waals surface area contributed by atoms with Crippen molar-refractivity contribution in [2.45, 2.75) is 6.92 Å². The third-order valence-corrected chi connectivity index (χ3v) is 3.57. The monoisotopic (exact) mass is 360 g/mol. The maximum atomic E-state index is 9.78. The lowest BCUT2D eigenvalue weighted by molar-refractivity contribution is 0.318. The highest BCUT2D eigenvalue weighted by atomic mass is 16.5. The topological polar surface area (TPSA) is 79.1 Å². The molecule has 2 aromatic carbocycles. The summed E-state index contributed by atoms with van der Waals surface area (Å²) in [6.45, 7) is 2.33. The lowest BCUT2D eigenvalue weighted by atomic mass is 10.2. The fourth-order valence-corrected chi connectivity index (χ4v) is 2.32. The molecule has 136 valence electrons. The number of ether oxygens (including phenoxy) is 1. The first kappa shape index (κ1) is 18.1. The minimum absolute atomic E-state index is 0.0989. The van der Waals surface area contributed by atoms with Crippen LogP contribution >= 0.6 is 0 Å². The predicted molar refractivity (Wildman–Crippen MR) is 107 cm³/mol. The van der Waals surface area contributed by atoms with Crippen LogP contribution in [-0.4, -0.2) is 28.7 Å². The summed E-state index contributed by atoms with van der Waals surface area (Å²) in [5.74, 6) is 1.05. The van der Waals surface area contributed by atoms with Crippen LogP contribution in [0.15, 0.2) is 83.0 Å². The molecular weight excluding hydrogens is 340 g/mol. The molecule has 0 saturated heterocycles. The molecule has 2 N–H and O–H groups in total. The van der Waals surface area contributed by atoms with Crippen molar-refractivity contribution in [2.24, 2.45) is 10.1 Å². The molecule has 27 heavy (non-hydrogen) atoms. The third-order valence-electron chi connectivity index (χ3n) is 3.57. The summed E-state index contributed by atoms with van der Waals surface area (Å²) >= 11 is 0. The van der Waals surface area contributed by atoms with Gasteiger partial charge in [0.1, 0.15) is 5.69 Å². The molecule has 0 aliphatic rings. The molecule has 0 spiro atoms. The minimum atomic E-state index is 0.0989. The second kappa shape index (κ2) is 9.15. The van der Waals surface area contributed by atoms with Gasteiger partial charge in [-0.1, -0.05) is 24.3 Å². The summed E-state index contributed by atoms with van der Waals surface area (Å²) in [4.78, 5) is 8.92. The predicted octanol–water partition coefficient (Wildman–Crippen LogP) is 3.89. The fourth-order valence-electron chi connectivity index (χ4n) is 2.32. The van der Waals surface area contributed by atoms with Crippen LogP contribution in [0.1, 0.15) is 18.2 Å². The maximum Gasteiger partial charge on any atom is 0.172 e. The van der Waals surface area contributed by atoms with Crippen LogP contribution in [0.3, 0.4) is 0 Å². The Bertz CT molecular complexity index is 925. The Morgan fingerprint density at radius 1 is 1.11 bits per heavy atom. The van der Waals surface area contributed by atoms with Crippen molar-refractivity contribution in [1.29, 1.82) is 0 Å². The number of aromatic hydroxyl groups is 1. The number of amidine groups is 1. The third kappa shape index (κ3) is 5.15. The van der Waals surface area contributed by atoms with Gasteiger partial charge in [0.05, 0.1) is 18.5 Å². The molecule has 0 bridgehead atoms. The number of nitrogens with zero attached hydrogens (tertiary/aromatic N) is 3. The Hall–Kier alpha value is -3.67. The van der Waals surface area contributed by atoms with E-state index >= 15 is 0 Å². The van der Waals surface area contributed by atoms with Crippen LogP contribution in [0.5, 0.6) is 11.5 Å². The van der Waals surface area contributed by atoms with Crippen LogP contribution in [0.25, 0.3) is 0 Å². The standard InChI is InChI=1S/C21H20N4O2/c1-2-27-20-14-16(11-12-19(20)26)15-23-25-21(18-10-6-7-13-22-18)24-17-8-4-3-5-9-17/h3-15,26H,2H2,1H3,(H,24,25)/b23-15+. The number of nitrogens with one attached hydrogen (secondary N) is 1. The van der Waals surface area contributed by atoms with Crippen LogP contribution in [-0.2, 0) is 0 Å². The number of hydrazone groups is 1. The summed E-state index contributed by atoms with van der Waals surface area (Å²) in [5, 5.41) is 14.0. The molecule has 6 nitrogen and oxygen atoms in total. The summed E-state index contributed by atoms with van der Waals surface area (Å²) in [6.07, 6.45) is 3.33. The van der Waals surface area contributed by atoms with E-state index in [0.717, 1.165) is 11.3 Å². The Balaban J connectivity index is 1.82. The minimum Gasteiger partial charge on any atom is -0.504 e. The van der Waals surface area contributed by atoms with Gasteiger partial charge in [0, 0.05) is 6.20 Å². The van der Waals surface area contributed by atoms with Gasteiger partial charge in [-0.25, -0.2) is 4.99 Å². The van der Waals surface area contributed by atoms with Gasteiger partial charge in [-0.05, 0) is 55.0 Å². The van der Waals surface area contributed by atoms with E-state index in [1.54, 1.807) is 30.6 Å². The zero-order valence-electron chi connectivity index (χ0n) is 14.9. The second-order valence-electron chi connectivity index (χ2n) is 5.54. The molecule has 0 unspecified atom stereocenters. The normalized spacial score (nSPS) is 11.5. The molecule has 0 amide bonds. The molecule has 3 aromatic rings. The highest BCUT2D eigenvalue weighted by molar-refractivity contribution is 5.99. The number of hydrogen-bond donors (Lipinski definition) is 2. The number of aliphatic imine (C=N–C) groups is 1. The number of rotatable bonds is 6. The van der Waals surface area contributed by atoms with Gasteiger partial charge in [-0.2, -0.15) is 5.10 Å². The number of pyridine rings is 1. The second-order valence-corrected chi connectivity index (χ2v) is 5.54. The van der Waals surface area contributed by atoms with Gasteiger partial charge >= 0.3 is 0 Å². The SMILES string of the molecule is CCOc1cc(/C=N/NC(=Nc2ccccc2)c2ccccn2)ccc1O. The molecule has 0 radical (unpaired) electrons. The van der Waals surface area contributed by atoms with Crippen molar-refractivity contribution in [2.75, 3.05) is 6.61 Å². The van der Waals surface area contributed by atoms with Gasteiger partial charge in [-0.3, -0.25) is 10.4 Å². The summed E-state index contributed by atoms with van der Waals surface area (Å²) < 4.78 is 5.39. The number of benzene rings is 2. The highest BCUT2D eigenvalue weighted by Crippen LogP contribution is 2.26. The molecule has 6 heteroatoms. The first-order valence-electron chi connectivity index (χ1n) is 8.56. The Morgan fingerprint density at radius 2 is 1.93 bits per heavy atom. The van der Waals surface area contributed by atoms with E-state index in [-0.39, 0.29) is 5.75 Å². The van der Waals surface area contributed by atoms with Crippen molar-refractivity contribution in [3.8, 4) is 11.5 Å². The van der Waals surface area contributed by atoms with E-state index in [1.165, 1.54) is 0 Å². The van der Waals surface area contributed by atoms with E-state index in [2.05, 4.69) is 20.5 Å². The first-order valence-corrected chi connectivity index (χ1v) is 8.56. The molecule has 1 heterocycles. The summed E-state index contributed by atoms with van der Waals surface area (Å²) in [6, 6.07) is 20.2. The average Bonchev–Trinajstić information content (AvgIpc) is 2.71. The lowest BCUT2D eigenvalue weighted by Crippen LogP contribution is -2.20. The molecular formula is C21H20N4O2. The van der Waals surface area contributed by atoms with Gasteiger partial charge < -0.3 is 9.84 Å². The number of phenolic OH excluding ortho intramolecular Hbond substituents is 1. The van der Waals surface area contributed by atoms with Crippen molar-refractivity contribution >= 4 is 17.7 Å². The van der Waals surface area contributed by atoms with Gasteiger partial charge in [0.15, 0.2) is 17.3 Å². The number of aromatic nitrogens is 1. The molecule has 0 fully saturated rings. The van der Waals surface area contributed by atoms with Crippen LogP contribution in [0, 0.1) is 0 Å². The van der Waals surface area contributed by atoms with Gasteiger partial charge in [0.2, 0.25) is 0 Å². The first-order chi connectivity index (χ1) is 13.3. The maximum absolute atomic E-state index is 9.78. The van der Waals surface area contributed by atoms with Crippen LogP contribution in [0.2, 0.25) is 0 Å². The molecule has 0 atom stereocenters. The average molecular weight is 360 g/mol. The molecule has 0 aliphatic heterocycles. The van der Waals surface area contributed by atoms with E-state index < -0.39 is 0 Å². The van der Waals surface area contributed by atoms with Crippen molar-refractivity contribution in [1.82, 2.24) is 10.4 Å². The number of phenols is 1. The lowest BCUT2D eigenvalue weighted by Gasteiger charge is -2.07. The van der Waals surface area contributed by atoms with Crippen molar-refractivity contribution in [3.05, 3.63) is 84.2 Å². The van der Waals surface area contributed by atoms with Crippen molar-refractivity contribution < 1.29 is 9.84 Å². The van der Waals surface area contributed by atoms with E-state index in [4.69, 9.17) is 4.74 Å². The Morgan fingerprint density at radius 3 is 2.67 bits per heavy atom. The Labute approximate surface area is 157 Å². The van der Waals surface area contributed by atoms with Gasteiger partial charge in [0.25, 0.3) is 0 Å². The van der Waals surface area contributed by atoms with Crippen molar-refractivity contribution in [3.63, 3.8) is 0 Å². The van der Waals surface area contributed by atoms with Gasteiger partial charge in [-0.15, -0.1) is 0 Å².